The number of carbonyl (C=O) groups excluding carboxylic acids is 3. The van der Waals surface area contributed by atoms with Crippen LogP contribution in [0.4, 0.5) is 0 Å². The largest absolute Gasteiger partial charge is 0.456 e. The van der Waals surface area contributed by atoms with E-state index in [4.69, 9.17) is 39.6 Å². The second-order valence-electron chi connectivity index (χ2n) is 5.74. The minimum Gasteiger partial charge on any atom is -0.456 e. The second-order valence-corrected chi connectivity index (χ2v) is 5.74. The summed E-state index contributed by atoms with van der Waals surface area (Å²) in [7, 11) is 0. The number of terminal acetylenes is 1. The standard InChI is InChI=1S/C18H26O10/c1-5-6-22-7-8-23-9-10-24-18-17(28-14(4)21)16(27-13(3)20)15(11-25-18)26-12(2)19/h1,15-18H,6-11H2,2-4H3. The van der Waals surface area contributed by atoms with E-state index in [2.05, 4.69) is 5.92 Å². The Hall–Kier alpha value is -2.19. The minimum absolute atomic E-state index is 0.0965. The van der Waals surface area contributed by atoms with Crippen LogP contribution >= 0.6 is 0 Å². The van der Waals surface area contributed by atoms with Gasteiger partial charge in [-0.3, -0.25) is 14.4 Å². The van der Waals surface area contributed by atoms with Gasteiger partial charge < -0.3 is 33.2 Å². The van der Waals surface area contributed by atoms with Gasteiger partial charge in [0.15, 0.2) is 24.6 Å². The number of rotatable bonds is 11. The van der Waals surface area contributed by atoms with E-state index in [1.54, 1.807) is 0 Å². The van der Waals surface area contributed by atoms with E-state index < -0.39 is 42.5 Å². The fraction of sp³-hybridized carbons (Fsp3) is 0.722. The molecular formula is C18H26O10. The molecule has 1 aliphatic heterocycles. The Kier molecular flexibility index (Phi) is 11.1. The summed E-state index contributed by atoms with van der Waals surface area (Å²) in [6, 6.07) is 0. The minimum atomic E-state index is -1.11. The molecule has 1 fully saturated rings. The van der Waals surface area contributed by atoms with Crippen LogP contribution in [-0.4, -0.2) is 82.2 Å². The zero-order valence-corrected chi connectivity index (χ0v) is 16.2. The van der Waals surface area contributed by atoms with Crippen molar-refractivity contribution in [3.05, 3.63) is 0 Å². The summed E-state index contributed by atoms with van der Waals surface area (Å²) >= 11 is 0. The molecule has 0 aromatic heterocycles. The first-order valence-corrected chi connectivity index (χ1v) is 8.69. The molecule has 10 heteroatoms. The Labute approximate surface area is 163 Å². The lowest BCUT2D eigenvalue weighted by Gasteiger charge is -2.40. The van der Waals surface area contributed by atoms with Crippen LogP contribution in [-0.2, 0) is 47.5 Å². The molecule has 0 saturated carbocycles. The van der Waals surface area contributed by atoms with Gasteiger partial charge in [0.1, 0.15) is 6.61 Å². The van der Waals surface area contributed by atoms with Crippen molar-refractivity contribution in [2.24, 2.45) is 0 Å². The van der Waals surface area contributed by atoms with E-state index in [9.17, 15) is 14.4 Å². The van der Waals surface area contributed by atoms with Crippen LogP contribution in [0.15, 0.2) is 0 Å². The number of hydrogen-bond donors (Lipinski definition) is 0. The molecule has 158 valence electrons. The topological polar surface area (TPSA) is 116 Å². The molecule has 0 radical (unpaired) electrons. The normalized spacial score (nSPS) is 24.1. The molecule has 0 spiro atoms. The average Bonchev–Trinajstić information content (AvgIpc) is 2.60. The third-order valence-electron chi connectivity index (χ3n) is 3.37. The molecule has 0 N–H and O–H groups in total. The van der Waals surface area contributed by atoms with Crippen molar-refractivity contribution in [2.75, 3.05) is 39.6 Å². The van der Waals surface area contributed by atoms with Crippen molar-refractivity contribution in [1.82, 2.24) is 0 Å². The Balaban J connectivity index is 2.63. The maximum atomic E-state index is 11.5. The molecule has 1 rings (SSSR count). The molecule has 1 saturated heterocycles. The SMILES string of the molecule is C#CCOCCOCCOC1OCC(OC(C)=O)C(OC(C)=O)C1OC(C)=O. The molecule has 1 aliphatic rings. The van der Waals surface area contributed by atoms with Crippen LogP contribution in [0.25, 0.3) is 0 Å². The highest BCUT2D eigenvalue weighted by molar-refractivity contribution is 5.68. The van der Waals surface area contributed by atoms with Crippen LogP contribution in [0.3, 0.4) is 0 Å². The van der Waals surface area contributed by atoms with Crippen molar-refractivity contribution in [3.8, 4) is 12.3 Å². The molecule has 1 heterocycles. The highest BCUT2D eigenvalue weighted by Gasteiger charge is 2.47. The van der Waals surface area contributed by atoms with Gasteiger partial charge in [0.25, 0.3) is 0 Å². The third kappa shape index (κ3) is 9.14. The molecule has 10 nitrogen and oxygen atoms in total. The van der Waals surface area contributed by atoms with Crippen LogP contribution < -0.4 is 0 Å². The van der Waals surface area contributed by atoms with Crippen LogP contribution in [0.2, 0.25) is 0 Å². The summed E-state index contributed by atoms with van der Waals surface area (Å²) in [5, 5.41) is 0. The van der Waals surface area contributed by atoms with Crippen molar-refractivity contribution in [3.63, 3.8) is 0 Å². The van der Waals surface area contributed by atoms with Gasteiger partial charge >= 0.3 is 17.9 Å². The molecule has 0 aliphatic carbocycles. The summed E-state index contributed by atoms with van der Waals surface area (Å²) in [6.07, 6.45) is 0.913. The average molecular weight is 402 g/mol. The Morgan fingerprint density at radius 1 is 0.893 bits per heavy atom. The van der Waals surface area contributed by atoms with E-state index in [1.165, 1.54) is 20.8 Å². The zero-order chi connectivity index (χ0) is 20.9. The maximum Gasteiger partial charge on any atom is 0.303 e. The van der Waals surface area contributed by atoms with Crippen LogP contribution in [0.1, 0.15) is 20.8 Å². The second kappa shape index (κ2) is 13.1. The first-order chi connectivity index (χ1) is 13.3. The van der Waals surface area contributed by atoms with Gasteiger partial charge in [-0.05, 0) is 0 Å². The Bertz CT molecular complexity index is 555. The van der Waals surface area contributed by atoms with E-state index in [-0.39, 0.29) is 26.4 Å². The first-order valence-electron chi connectivity index (χ1n) is 8.69. The lowest BCUT2D eigenvalue weighted by Crippen LogP contribution is -2.58. The molecule has 4 unspecified atom stereocenters. The van der Waals surface area contributed by atoms with Gasteiger partial charge in [-0.1, -0.05) is 5.92 Å². The van der Waals surface area contributed by atoms with Crippen LogP contribution in [0.5, 0.6) is 0 Å². The molecular weight excluding hydrogens is 376 g/mol. The lowest BCUT2D eigenvalue weighted by atomic mass is 10.0. The summed E-state index contributed by atoms with van der Waals surface area (Å²) < 4.78 is 37.0. The third-order valence-corrected chi connectivity index (χ3v) is 3.37. The summed E-state index contributed by atoms with van der Waals surface area (Å²) in [6.45, 7) is 4.71. The smallest absolute Gasteiger partial charge is 0.303 e. The van der Waals surface area contributed by atoms with Crippen LogP contribution in [0, 0.1) is 12.3 Å². The molecule has 0 aromatic carbocycles. The molecule has 0 amide bonds. The number of ether oxygens (including phenoxy) is 7. The predicted molar refractivity (Wildman–Crippen MR) is 92.8 cm³/mol. The van der Waals surface area contributed by atoms with Crippen molar-refractivity contribution in [2.45, 2.75) is 45.4 Å². The van der Waals surface area contributed by atoms with Crippen molar-refractivity contribution >= 4 is 17.9 Å². The fourth-order valence-corrected chi connectivity index (χ4v) is 2.43. The van der Waals surface area contributed by atoms with Crippen molar-refractivity contribution in [1.29, 1.82) is 0 Å². The summed E-state index contributed by atoms with van der Waals surface area (Å²) in [4.78, 5) is 34.2. The van der Waals surface area contributed by atoms with Gasteiger partial charge in [0.2, 0.25) is 0 Å². The molecule has 0 aromatic rings. The summed E-state index contributed by atoms with van der Waals surface area (Å²) in [5.74, 6) is 0.484. The van der Waals surface area contributed by atoms with Gasteiger partial charge in [-0.15, -0.1) is 6.42 Å². The molecule has 4 atom stereocenters. The van der Waals surface area contributed by atoms with E-state index >= 15 is 0 Å². The maximum absolute atomic E-state index is 11.5. The highest BCUT2D eigenvalue weighted by Crippen LogP contribution is 2.25. The highest BCUT2D eigenvalue weighted by atomic mass is 16.7. The number of esters is 3. The number of hydrogen-bond acceptors (Lipinski definition) is 10. The monoisotopic (exact) mass is 402 g/mol. The molecule has 0 bridgehead atoms. The Morgan fingerprint density at radius 3 is 2.07 bits per heavy atom. The van der Waals surface area contributed by atoms with Gasteiger partial charge in [-0.25, -0.2) is 0 Å². The van der Waals surface area contributed by atoms with E-state index in [1.807, 2.05) is 0 Å². The van der Waals surface area contributed by atoms with Crippen molar-refractivity contribution < 1.29 is 47.5 Å². The van der Waals surface area contributed by atoms with Gasteiger partial charge in [0, 0.05) is 20.8 Å². The lowest BCUT2D eigenvalue weighted by molar-refractivity contribution is -0.282. The van der Waals surface area contributed by atoms with E-state index in [0.717, 1.165) is 0 Å². The quantitative estimate of drug-likeness (QED) is 0.199. The fourth-order valence-electron chi connectivity index (χ4n) is 2.43. The first kappa shape index (κ1) is 23.8. The van der Waals surface area contributed by atoms with Gasteiger partial charge in [0.05, 0.1) is 33.0 Å². The summed E-state index contributed by atoms with van der Waals surface area (Å²) in [5.41, 5.74) is 0. The van der Waals surface area contributed by atoms with Gasteiger partial charge in [-0.2, -0.15) is 0 Å². The predicted octanol–water partition coefficient (Wildman–Crippen LogP) is -0.179. The number of carbonyl (C=O) groups is 3. The van der Waals surface area contributed by atoms with E-state index in [0.29, 0.717) is 13.2 Å². The molecule has 28 heavy (non-hydrogen) atoms. The Morgan fingerprint density at radius 2 is 1.46 bits per heavy atom. The zero-order valence-electron chi connectivity index (χ0n) is 16.2.